The molecule has 0 fully saturated rings. The molecule has 2 aromatic heterocycles. The summed E-state index contributed by atoms with van der Waals surface area (Å²) >= 11 is 0. The molecule has 0 saturated carbocycles. The first-order chi connectivity index (χ1) is 9.19. The van der Waals surface area contributed by atoms with Crippen molar-refractivity contribution in [3.05, 3.63) is 35.9 Å². The quantitative estimate of drug-likeness (QED) is 0.788. The second kappa shape index (κ2) is 5.59. The van der Waals surface area contributed by atoms with E-state index in [2.05, 4.69) is 20.6 Å². The third kappa shape index (κ3) is 3.26. The van der Waals surface area contributed by atoms with Gasteiger partial charge in [-0.05, 0) is 12.1 Å². The molecule has 0 spiro atoms. The summed E-state index contributed by atoms with van der Waals surface area (Å²) in [6, 6.07) is 5.41. The fourth-order valence-electron chi connectivity index (χ4n) is 1.46. The van der Waals surface area contributed by atoms with E-state index in [9.17, 15) is 4.79 Å². The van der Waals surface area contributed by atoms with Crippen molar-refractivity contribution in [2.24, 2.45) is 0 Å². The van der Waals surface area contributed by atoms with Gasteiger partial charge in [-0.1, -0.05) is 5.21 Å². The highest BCUT2D eigenvalue weighted by molar-refractivity contribution is 5.66. The van der Waals surface area contributed by atoms with Crippen molar-refractivity contribution < 1.29 is 9.90 Å². The number of nitriles is 1. The van der Waals surface area contributed by atoms with Crippen LogP contribution >= 0.6 is 0 Å². The van der Waals surface area contributed by atoms with Crippen molar-refractivity contribution in [3.8, 4) is 6.07 Å². The molecule has 2 heterocycles. The van der Waals surface area contributed by atoms with Crippen LogP contribution in [0.3, 0.4) is 0 Å². The summed E-state index contributed by atoms with van der Waals surface area (Å²) < 4.78 is 1.23. The van der Waals surface area contributed by atoms with Crippen molar-refractivity contribution in [2.45, 2.75) is 13.1 Å². The number of hydrogen-bond acceptors (Lipinski definition) is 6. The summed E-state index contributed by atoms with van der Waals surface area (Å²) in [7, 11) is 0. The summed E-state index contributed by atoms with van der Waals surface area (Å²) in [4.78, 5) is 14.4. The van der Waals surface area contributed by atoms with Gasteiger partial charge in [0.15, 0.2) is 5.69 Å². The fraction of sp³-hybridized carbons (Fsp3) is 0.182. The van der Waals surface area contributed by atoms with E-state index in [1.54, 1.807) is 12.1 Å². The van der Waals surface area contributed by atoms with Crippen molar-refractivity contribution in [1.29, 1.82) is 5.26 Å². The third-order valence-corrected chi connectivity index (χ3v) is 2.26. The number of aromatic nitrogens is 4. The van der Waals surface area contributed by atoms with Crippen molar-refractivity contribution in [3.63, 3.8) is 0 Å². The van der Waals surface area contributed by atoms with Gasteiger partial charge in [-0.2, -0.15) is 5.26 Å². The van der Waals surface area contributed by atoms with Crippen molar-refractivity contribution >= 4 is 11.7 Å². The summed E-state index contributed by atoms with van der Waals surface area (Å²) in [5.41, 5.74) is 1.47. The number of carbonyl (C=O) groups is 1. The van der Waals surface area contributed by atoms with Crippen molar-refractivity contribution in [1.82, 2.24) is 20.0 Å². The first kappa shape index (κ1) is 12.5. The fourth-order valence-corrected chi connectivity index (χ4v) is 1.46. The number of nitrogens with zero attached hydrogens (tertiary/aromatic N) is 5. The van der Waals surface area contributed by atoms with Gasteiger partial charge in [0.1, 0.15) is 18.3 Å². The van der Waals surface area contributed by atoms with E-state index >= 15 is 0 Å². The van der Waals surface area contributed by atoms with Crippen LogP contribution in [0.15, 0.2) is 24.5 Å². The molecule has 2 N–H and O–H groups in total. The normalized spacial score (nSPS) is 9.84. The average Bonchev–Trinajstić information content (AvgIpc) is 2.83. The highest BCUT2D eigenvalue weighted by Crippen LogP contribution is 2.11. The third-order valence-electron chi connectivity index (χ3n) is 2.26. The predicted octanol–water partition coefficient (Wildman–Crippen LogP) is 0.241. The highest BCUT2D eigenvalue weighted by atomic mass is 16.4. The number of carboxylic acids is 1. The van der Waals surface area contributed by atoms with Crippen LogP contribution < -0.4 is 5.32 Å². The number of aliphatic carboxylic acids is 1. The molecule has 2 aromatic rings. The lowest BCUT2D eigenvalue weighted by atomic mass is 10.3. The van der Waals surface area contributed by atoms with E-state index in [0.29, 0.717) is 23.6 Å². The number of hydrogen-bond donors (Lipinski definition) is 2. The first-order valence-electron chi connectivity index (χ1n) is 5.39. The summed E-state index contributed by atoms with van der Waals surface area (Å²) in [5, 5.41) is 28.0. The topological polar surface area (TPSA) is 117 Å². The number of anilines is 1. The zero-order valence-electron chi connectivity index (χ0n) is 9.82. The van der Waals surface area contributed by atoms with Crippen LogP contribution in [0, 0.1) is 11.3 Å². The monoisotopic (exact) mass is 258 g/mol. The molecule has 0 bridgehead atoms. The minimum atomic E-state index is -0.983. The van der Waals surface area contributed by atoms with Crippen LogP contribution in [0.5, 0.6) is 0 Å². The SMILES string of the molecule is N#Cc1ncccc1NCc1cn(CC(=O)O)nn1. The van der Waals surface area contributed by atoms with Gasteiger partial charge >= 0.3 is 5.97 Å². The van der Waals surface area contributed by atoms with Gasteiger partial charge in [0.2, 0.25) is 0 Å². The zero-order chi connectivity index (χ0) is 13.7. The Morgan fingerprint density at radius 3 is 3.16 bits per heavy atom. The maximum Gasteiger partial charge on any atom is 0.325 e. The smallest absolute Gasteiger partial charge is 0.325 e. The van der Waals surface area contributed by atoms with Crippen LogP contribution in [0.2, 0.25) is 0 Å². The average molecular weight is 258 g/mol. The van der Waals surface area contributed by atoms with Gasteiger partial charge in [-0.15, -0.1) is 5.10 Å². The van der Waals surface area contributed by atoms with Gasteiger partial charge in [0.25, 0.3) is 0 Å². The molecule has 19 heavy (non-hydrogen) atoms. The Kier molecular flexibility index (Phi) is 3.68. The van der Waals surface area contributed by atoms with Crippen LogP contribution in [-0.2, 0) is 17.9 Å². The molecule has 96 valence electrons. The highest BCUT2D eigenvalue weighted by Gasteiger charge is 2.06. The van der Waals surface area contributed by atoms with E-state index in [-0.39, 0.29) is 6.54 Å². The Hall–Kier alpha value is -2.95. The van der Waals surface area contributed by atoms with E-state index < -0.39 is 5.97 Å². The van der Waals surface area contributed by atoms with Gasteiger partial charge in [-0.3, -0.25) is 4.79 Å². The largest absolute Gasteiger partial charge is 0.480 e. The number of rotatable bonds is 5. The lowest BCUT2D eigenvalue weighted by Crippen LogP contribution is -2.09. The van der Waals surface area contributed by atoms with Gasteiger partial charge in [-0.25, -0.2) is 9.67 Å². The molecule has 0 aliphatic heterocycles. The lowest BCUT2D eigenvalue weighted by molar-refractivity contribution is -0.137. The maximum absolute atomic E-state index is 10.5. The second-order valence-electron chi connectivity index (χ2n) is 3.67. The lowest BCUT2D eigenvalue weighted by Gasteiger charge is -2.04. The Bertz CT molecular complexity index is 630. The van der Waals surface area contributed by atoms with Crippen LogP contribution in [0.25, 0.3) is 0 Å². The maximum atomic E-state index is 10.5. The zero-order valence-corrected chi connectivity index (χ0v) is 9.82. The minimum absolute atomic E-state index is 0.233. The molecule has 0 aromatic carbocycles. The molecule has 0 amide bonds. The number of nitrogens with one attached hydrogen (secondary N) is 1. The Morgan fingerprint density at radius 2 is 2.42 bits per heavy atom. The first-order valence-corrected chi connectivity index (χ1v) is 5.39. The number of carboxylic acid groups (broad SMARTS) is 1. The van der Waals surface area contributed by atoms with Gasteiger partial charge in [0.05, 0.1) is 18.4 Å². The molecule has 0 atom stereocenters. The van der Waals surface area contributed by atoms with E-state index in [1.807, 2.05) is 6.07 Å². The Labute approximate surface area is 108 Å². The predicted molar refractivity (Wildman–Crippen MR) is 63.9 cm³/mol. The van der Waals surface area contributed by atoms with Gasteiger partial charge < -0.3 is 10.4 Å². The minimum Gasteiger partial charge on any atom is -0.480 e. The molecule has 0 unspecified atom stereocenters. The number of pyridine rings is 1. The van der Waals surface area contributed by atoms with E-state index in [4.69, 9.17) is 10.4 Å². The van der Waals surface area contributed by atoms with Crippen LogP contribution in [0.1, 0.15) is 11.4 Å². The van der Waals surface area contributed by atoms with Crippen molar-refractivity contribution in [2.75, 3.05) is 5.32 Å². The standard InChI is InChI=1S/C11H10N6O2/c12-4-10-9(2-1-3-13-10)14-5-8-6-17(16-15-8)7-11(18)19/h1-3,6,14H,5,7H2,(H,18,19). The molecule has 8 heteroatoms. The molecule has 0 saturated heterocycles. The molecule has 2 rings (SSSR count). The molecule has 0 aliphatic carbocycles. The van der Waals surface area contributed by atoms with E-state index in [0.717, 1.165) is 0 Å². The summed E-state index contributed by atoms with van der Waals surface area (Å²) in [5.74, 6) is -0.983. The summed E-state index contributed by atoms with van der Waals surface area (Å²) in [6.07, 6.45) is 3.07. The molecule has 0 radical (unpaired) electrons. The summed E-state index contributed by atoms with van der Waals surface area (Å²) in [6.45, 7) is 0.101. The Morgan fingerprint density at radius 1 is 1.58 bits per heavy atom. The van der Waals surface area contributed by atoms with Gasteiger partial charge in [0, 0.05) is 6.20 Å². The molecule has 8 nitrogen and oxygen atoms in total. The van der Waals surface area contributed by atoms with Crippen LogP contribution in [0.4, 0.5) is 5.69 Å². The second-order valence-corrected chi connectivity index (χ2v) is 3.67. The molecule has 0 aliphatic rings. The van der Waals surface area contributed by atoms with E-state index in [1.165, 1.54) is 17.1 Å². The Balaban J connectivity index is 2.01. The molecular weight excluding hydrogens is 248 g/mol. The molecular formula is C11H10N6O2. The van der Waals surface area contributed by atoms with Crippen LogP contribution in [-0.4, -0.2) is 31.1 Å².